The smallest absolute Gasteiger partial charge is 0.793 e. The molecule has 0 N–H and O–H groups in total. The number of carboxylic acids is 1. The Balaban J connectivity index is 0.00000441. The molecule has 0 saturated heterocycles. The predicted molar refractivity (Wildman–Crippen MR) is 153 cm³/mol. The third-order valence-corrected chi connectivity index (χ3v) is 7.13. The summed E-state index contributed by atoms with van der Waals surface area (Å²) < 4.78 is 11.6. The molecule has 1 aliphatic heterocycles. The fourth-order valence-corrected chi connectivity index (χ4v) is 5.08. The molecule has 40 heavy (non-hydrogen) atoms. The minimum absolute atomic E-state index is 0. The van der Waals surface area contributed by atoms with Crippen LogP contribution in [-0.4, -0.2) is 17.7 Å². The van der Waals surface area contributed by atoms with Gasteiger partial charge in [-0.15, -0.1) is 0 Å². The molecule has 0 bridgehead atoms. The van der Waals surface area contributed by atoms with Crippen LogP contribution in [0.15, 0.2) is 69.9 Å². The van der Waals surface area contributed by atoms with Crippen molar-refractivity contribution < 1.29 is 46.2 Å². The summed E-state index contributed by atoms with van der Waals surface area (Å²) in [7, 11) is 0. The minimum Gasteiger partial charge on any atom is -0.793 e. The van der Waals surface area contributed by atoms with E-state index in [1.54, 1.807) is 42.5 Å². The molecule has 214 valence electrons. The normalized spacial score (nSPS) is 10.9. The van der Waals surface area contributed by atoms with Crippen LogP contribution < -0.4 is 15.3 Å². The van der Waals surface area contributed by atoms with Crippen LogP contribution >= 0.6 is 0 Å². The van der Waals surface area contributed by atoms with Crippen LogP contribution in [0.25, 0.3) is 33.4 Å². The Morgan fingerprint density at radius 1 is 0.800 bits per heavy atom. The molecule has 0 spiro atoms. The van der Waals surface area contributed by atoms with E-state index < -0.39 is 5.97 Å². The van der Waals surface area contributed by atoms with Crippen LogP contribution in [0.2, 0.25) is 0 Å². The molecule has 2 aliphatic rings. The van der Waals surface area contributed by atoms with Gasteiger partial charge in [-0.1, -0.05) is 75.6 Å². The zero-order chi connectivity index (χ0) is 27.6. The zero-order valence-corrected chi connectivity index (χ0v) is 25.2. The molecule has 8 heteroatoms. The van der Waals surface area contributed by atoms with Crippen LogP contribution in [0.3, 0.4) is 0 Å². The number of hydrogen-bond donors (Lipinski definition) is 0. The van der Waals surface area contributed by atoms with E-state index in [-0.39, 0.29) is 39.3 Å². The van der Waals surface area contributed by atoms with E-state index in [9.17, 15) is 19.5 Å². The minimum atomic E-state index is -1.30. The molecule has 4 rings (SSSR count). The van der Waals surface area contributed by atoms with E-state index >= 15 is 0 Å². The van der Waals surface area contributed by atoms with Crippen LogP contribution in [0, 0.1) is 0 Å². The van der Waals surface area contributed by atoms with Gasteiger partial charge in [-0.2, -0.15) is 5.75 Å². The molecule has 0 radical (unpaired) electrons. The van der Waals surface area contributed by atoms with Gasteiger partial charge in [0, 0.05) is 40.6 Å². The van der Waals surface area contributed by atoms with Crippen molar-refractivity contribution in [3.8, 4) is 28.2 Å². The second kappa shape index (κ2) is 15.8. The number of ether oxygens (including phenoxy) is 1. The van der Waals surface area contributed by atoms with Gasteiger partial charge in [0.05, 0.1) is 5.97 Å². The fraction of sp³-hybridized carbons (Fsp3) is 0.344. The molecule has 2 aromatic rings. The van der Waals surface area contributed by atoms with Gasteiger partial charge in [0.15, 0.2) is 5.43 Å². The van der Waals surface area contributed by atoms with Crippen LogP contribution in [0.4, 0.5) is 0 Å². The number of rotatable bonds is 14. The summed E-state index contributed by atoms with van der Waals surface area (Å²) in [6.07, 6.45) is 10.4. The topological polar surface area (TPSA) is 96.6 Å². The Hall–Kier alpha value is -2.84. The molecular weight excluding hydrogens is 709 g/mol. The van der Waals surface area contributed by atoms with E-state index in [4.69, 9.17) is 21.8 Å². The third-order valence-electron chi connectivity index (χ3n) is 6.84. The number of esters is 1. The Morgan fingerprint density at radius 3 is 2.17 bits per heavy atom. The molecule has 0 amide bonds. The SMILES string of the molecule is O=C(CCCCCCCCCCC[S-])Oc1ccc2c(-c3ccccc3C(=O)[O-])c3ccc(=O)cc-3oc2c1.[Au+]. The maximum atomic E-state index is 12.5. The molecule has 2 aromatic carbocycles. The van der Waals surface area contributed by atoms with Crippen molar-refractivity contribution in [2.24, 2.45) is 0 Å². The van der Waals surface area contributed by atoms with Crippen molar-refractivity contribution in [2.45, 2.75) is 64.2 Å². The van der Waals surface area contributed by atoms with E-state index in [2.05, 4.69) is 0 Å². The summed E-state index contributed by atoms with van der Waals surface area (Å²) in [6.45, 7) is 0. The van der Waals surface area contributed by atoms with Gasteiger partial charge in [-0.25, -0.2) is 0 Å². The molecule has 1 aliphatic carbocycles. The second-order valence-corrected chi connectivity index (χ2v) is 10.1. The first-order chi connectivity index (χ1) is 19.0. The largest absolute Gasteiger partial charge is 1.00 e. The molecule has 0 saturated carbocycles. The predicted octanol–water partition coefficient (Wildman–Crippen LogP) is 6.28. The molecule has 0 unspecified atom stereocenters. The Labute approximate surface area is 255 Å². The molecule has 1 heterocycles. The first-order valence-corrected chi connectivity index (χ1v) is 14.2. The van der Waals surface area contributed by atoms with E-state index in [0.717, 1.165) is 31.4 Å². The number of fused-ring (bicyclic) bond motifs is 2. The summed E-state index contributed by atoms with van der Waals surface area (Å²) in [4.78, 5) is 36.4. The molecule has 0 atom stereocenters. The summed E-state index contributed by atoms with van der Waals surface area (Å²) in [5, 5.41) is 12.5. The van der Waals surface area contributed by atoms with Crippen molar-refractivity contribution in [1.82, 2.24) is 0 Å². The van der Waals surface area contributed by atoms with Gasteiger partial charge >= 0.3 is 28.3 Å². The van der Waals surface area contributed by atoms with Gasteiger partial charge in [-0.05, 0) is 36.2 Å². The number of carboxylic acid groups (broad SMARTS) is 1. The number of carbonyl (C=O) groups is 2. The van der Waals surface area contributed by atoms with Gasteiger partial charge < -0.3 is 31.7 Å². The number of unbranched alkanes of at least 4 members (excludes halogenated alkanes) is 8. The van der Waals surface area contributed by atoms with Crippen LogP contribution in [0.1, 0.15) is 74.6 Å². The number of aromatic carboxylic acids is 1. The summed E-state index contributed by atoms with van der Waals surface area (Å²) >= 11 is 4.97. The van der Waals surface area contributed by atoms with Crippen molar-refractivity contribution in [1.29, 1.82) is 0 Å². The van der Waals surface area contributed by atoms with Crippen LogP contribution in [0.5, 0.6) is 5.75 Å². The average Bonchev–Trinajstić information content (AvgIpc) is 2.92. The monoisotopic (exact) mass is 741 g/mol. The van der Waals surface area contributed by atoms with Crippen molar-refractivity contribution in [2.75, 3.05) is 5.75 Å². The molecular formula is C32H32AuO6S-. The quantitative estimate of drug-likeness (QED) is 0.0375. The van der Waals surface area contributed by atoms with E-state index in [1.807, 2.05) is 0 Å². The third kappa shape index (κ3) is 8.34. The molecule has 6 nitrogen and oxygen atoms in total. The Kier molecular flexibility index (Phi) is 12.5. The van der Waals surface area contributed by atoms with Crippen molar-refractivity contribution >= 4 is 35.5 Å². The maximum absolute atomic E-state index is 12.5. The number of hydrogen-bond acceptors (Lipinski definition) is 7. The van der Waals surface area contributed by atoms with Gasteiger partial charge in [0.25, 0.3) is 0 Å². The summed E-state index contributed by atoms with van der Waals surface area (Å²) in [5.41, 5.74) is 1.80. The summed E-state index contributed by atoms with van der Waals surface area (Å²) in [5.74, 6) is -0.136. The van der Waals surface area contributed by atoms with Crippen molar-refractivity contribution in [3.05, 3.63) is 76.5 Å². The van der Waals surface area contributed by atoms with Gasteiger partial charge in [0.1, 0.15) is 17.1 Å². The Bertz CT molecular complexity index is 1460. The Morgan fingerprint density at radius 2 is 1.48 bits per heavy atom. The molecule has 0 aromatic heterocycles. The zero-order valence-electron chi connectivity index (χ0n) is 22.2. The number of carbonyl (C=O) groups excluding carboxylic acids is 2. The van der Waals surface area contributed by atoms with Gasteiger partial charge in [0.2, 0.25) is 0 Å². The van der Waals surface area contributed by atoms with Gasteiger partial charge in [-0.3, -0.25) is 9.59 Å². The molecule has 0 fully saturated rings. The second-order valence-electron chi connectivity index (χ2n) is 9.74. The first kappa shape index (κ1) is 31.7. The fourth-order valence-electron chi connectivity index (χ4n) is 4.87. The van der Waals surface area contributed by atoms with Crippen molar-refractivity contribution in [3.63, 3.8) is 0 Å². The van der Waals surface area contributed by atoms with Crippen LogP contribution in [-0.2, 0) is 39.8 Å². The van der Waals surface area contributed by atoms with E-state index in [1.165, 1.54) is 50.3 Å². The maximum Gasteiger partial charge on any atom is 1.00 e. The summed E-state index contributed by atoms with van der Waals surface area (Å²) in [6, 6.07) is 15.9. The standard InChI is InChI=1S/C32H34O6S.Au/c33-22-15-17-26-28(20-22)38-29-21-23(37-30(34)14-8-6-4-2-1-3-5-7-11-19-39)16-18-27(29)31(26)24-12-9-10-13-25(24)32(35)36;/h9-10,12-13,15-18,20-21,39H,1-8,11,14,19H2,(H,35,36);/q;+1/p-2. The first-order valence-electron chi connectivity index (χ1n) is 13.6. The number of benzene rings is 3. The average molecular weight is 742 g/mol. The van der Waals surface area contributed by atoms with E-state index in [0.29, 0.717) is 45.6 Å².